The van der Waals surface area contributed by atoms with Gasteiger partial charge in [0.05, 0.1) is 18.1 Å². The van der Waals surface area contributed by atoms with Crippen molar-refractivity contribution >= 4 is 11.9 Å². The van der Waals surface area contributed by atoms with Crippen molar-refractivity contribution in [2.75, 3.05) is 6.61 Å². The van der Waals surface area contributed by atoms with Gasteiger partial charge in [-0.05, 0) is 112 Å². The molecule has 2 N–H and O–H groups in total. The Morgan fingerprint density at radius 3 is 2.00 bits per heavy atom. The fraction of sp³-hybridized carbons (Fsp3) is 0.800. The van der Waals surface area contributed by atoms with Crippen LogP contribution in [0, 0.1) is 50.2 Å². The molecule has 5 rings (SSSR count). The number of aliphatic hydroxyl groups excluding tert-OH is 2. The lowest BCUT2D eigenvalue weighted by molar-refractivity contribution is -0.263. The van der Waals surface area contributed by atoms with Crippen LogP contribution in [0.4, 0.5) is 0 Å². The van der Waals surface area contributed by atoms with Crippen LogP contribution >= 0.6 is 0 Å². The molecule has 0 aromatic carbocycles. The molecule has 0 aromatic rings. The van der Waals surface area contributed by atoms with Gasteiger partial charge in [-0.25, -0.2) is 9.59 Å². The van der Waals surface area contributed by atoms with E-state index in [1.54, 1.807) is 39.8 Å². The molecule has 3 unspecified atom stereocenters. The average molecular weight is 639 g/mol. The van der Waals surface area contributed by atoms with E-state index in [1.165, 1.54) is 31.3 Å². The van der Waals surface area contributed by atoms with Crippen molar-refractivity contribution in [2.24, 2.45) is 50.2 Å². The van der Waals surface area contributed by atoms with E-state index in [-0.39, 0.29) is 28.8 Å². The molecular weight excluding hydrogens is 576 g/mol. The fourth-order valence-electron chi connectivity index (χ4n) is 12.0. The number of fused-ring (bicyclic) bond motifs is 7. The fourth-order valence-corrected chi connectivity index (χ4v) is 12.0. The van der Waals surface area contributed by atoms with E-state index in [2.05, 4.69) is 54.5 Å². The lowest BCUT2D eigenvalue weighted by atomic mass is 9.33. The molecule has 258 valence electrons. The van der Waals surface area contributed by atoms with Gasteiger partial charge in [-0.3, -0.25) is 0 Å². The molecule has 6 nitrogen and oxygen atoms in total. The minimum atomic E-state index is -1.21. The molecule has 5 aliphatic rings. The molecule has 0 spiro atoms. The molecule has 6 heteroatoms. The van der Waals surface area contributed by atoms with Gasteiger partial charge in [0.1, 0.15) is 6.10 Å². The predicted octanol–water partition coefficient (Wildman–Crippen LogP) is 8.12. The van der Waals surface area contributed by atoms with Crippen LogP contribution in [0.15, 0.2) is 34.9 Å². The van der Waals surface area contributed by atoms with Crippen molar-refractivity contribution in [3.63, 3.8) is 0 Å². The second-order valence-corrected chi connectivity index (χ2v) is 18.0. The summed E-state index contributed by atoms with van der Waals surface area (Å²) in [5.74, 6) is -0.0517. The largest absolute Gasteiger partial charge is 0.454 e. The van der Waals surface area contributed by atoms with Crippen LogP contribution in [-0.2, 0) is 19.1 Å². The van der Waals surface area contributed by atoms with Crippen molar-refractivity contribution in [3.05, 3.63) is 34.9 Å². The van der Waals surface area contributed by atoms with E-state index in [0.717, 1.165) is 12.8 Å². The Labute approximate surface area is 278 Å². The number of carbonyl (C=O) groups is 2. The molecular formula is C40H62O6. The first-order valence-corrected chi connectivity index (χ1v) is 18.0. The zero-order valence-electron chi connectivity index (χ0n) is 30.6. The molecule has 0 aliphatic heterocycles. The Bertz CT molecular complexity index is 1340. The molecule has 0 amide bonds. The number of aliphatic hydroxyl groups is 2. The van der Waals surface area contributed by atoms with Gasteiger partial charge in [0.25, 0.3) is 0 Å². The summed E-state index contributed by atoms with van der Waals surface area (Å²) in [7, 11) is 0. The second-order valence-electron chi connectivity index (χ2n) is 18.0. The van der Waals surface area contributed by atoms with Crippen molar-refractivity contribution in [1.82, 2.24) is 0 Å². The smallest absolute Gasteiger partial charge is 0.333 e. The van der Waals surface area contributed by atoms with Crippen LogP contribution < -0.4 is 0 Å². The number of rotatable bonds is 5. The second kappa shape index (κ2) is 11.6. The lowest BCUT2D eigenvalue weighted by Crippen LogP contribution is -2.72. The third kappa shape index (κ3) is 4.84. The van der Waals surface area contributed by atoms with E-state index in [0.29, 0.717) is 41.2 Å². The van der Waals surface area contributed by atoms with E-state index >= 15 is 0 Å². The normalized spacial score (nSPS) is 44.8. The Morgan fingerprint density at radius 2 is 1.43 bits per heavy atom. The molecule has 0 aromatic heterocycles. The Kier molecular flexibility index (Phi) is 8.93. The topological polar surface area (TPSA) is 93.1 Å². The molecule has 0 saturated heterocycles. The summed E-state index contributed by atoms with van der Waals surface area (Å²) in [4.78, 5) is 26.8. The van der Waals surface area contributed by atoms with Crippen LogP contribution in [0.25, 0.3) is 0 Å². The van der Waals surface area contributed by atoms with Crippen molar-refractivity contribution in [1.29, 1.82) is 0 Å². The zero-order valence-corrected chi connectivity index (χ0v) is 30.6. The quantitative estimate of drug-likeness (QED) is 0.180. The molecule has 4 saturated carbocycles. The van der Waals surface area contributed by atoms with Crippen molar-refractivity contribution in [2.45, 2.75) is 146 Å². The molecule has 46 heavy (non-hydrogen) atoms. The Balaban J connectivity index is 1.65. The summed E-state index contributed by atoms with van der Waals surface area (Å²) in [6, 6.07) is 0. The Morgan fingerprint density at radius 1 is 0.848 bits per heavy atom. The van der Waals surface area contributed by atoms with Crippen LogP contribution in [0.5, 0.6) is 0 Å². The Hall–Kier alpha value is -1.92. The number of esters is 2. The van der Waals surface area contributed by atoms with Crippen molar-refractivity contribution < 1.29 is 29.3 Å². The summed E-state index contributed by atoms with van der Waals surface area (Å²) in [5, 5.41) is 24.0. The van der Waals surface area contributed by atoms with Gasteiger partial charge in [0.2, 0.25) is 0 Å². The predicted molar refractivity (Wildman–Crippen MR) is 182 cm³/mol. The van der Waals surface area contributed by atoms with E-state index in [1.807, 2.05) is 0 Å². The molecule has 0 heterocycles. The summed E-state index contributed by atoms with van der Waals surface area (Å²) in [6.07, 6.45) is 11.2. The monoisotopic (exact) mass is 638 g/mol. The molecule has 4 fully saturated rings. The molecule has 0 radical (unpaired) electrons. The van der Waals surface area contributed by atoms with E-state index in [9.17, 15) is 19.8 Å². The van der Waals surface area contributed by atoms with Gasteiger partial charge >= 0.3 is 11.9 Å². The summed E-state index contributed by atoms with van der Waals surface area (Å²) >= 11 is 0. The minimum Gasteiger partial charge on any atom is -0.454 e. The first-order chi connectivity index (χ1) is 21.3. The highest BCUT2D eigenvalue weighted by Gasteiger charge is 2.73. The number of carbonyl (C=O) groups excluding carboxylic acids is 2. The third-order valence-corrected chi connectivity index (χ3v) is 15.1. The molecule has 0 bridgehead atoms. The summed E-state index contributed by atoms with van der Waals surface area (Å²) < 4.78 is 12.6. The number of hydrogen-bond donors (Lipinski definition) is 2. The third-order valence-electron chi connectivity index (χ3n) is 15.1. The summed E-state index contributed by atoms with van der Waals surface area (Å²) in [6.45, 7) is 23.2. The van der Waals surface area contributed by atoms with Gasteiger partial charge < -0.3 is 19.7 Å². The lowest BCUT2D eigenvalue weighted by Gasteiger charge is -2.72. The van der Waals surface area contributed by atoms with Gasteiger partial charge in [-0.15, -0.1) is 0 Å². The standard InChI is InChI=1S/C40H62O6/c1-12-24(3)33(43)45-31-32(46-34(44)25(4)13-2)40(23-41)27(21-36(31,7)8)26-15-16-29-37(9)19-14-18-35(5,6)28(37)17-20-38(29,10)39(26,11)22-30(40)42/h12-13,15,27-32,41-42H,14,16-23H2,1-11H3/b24-12-,25-13-/t27?,28?,29?,30-,31+,32+,37+,38-,39-,40+/m1/s1. The van der Waals surface area contributed by atoms with Gasteiger partial charge in [-0.1, -0.05) is 78.7 Å². The number of allylic oxidation sites excluding steroid dienone is 4. The number of hydrogen-bond acceptors (Lipinski definition) is 6. The SMILES string of the molecule is C/C=C(/C)C(=O)O[C@H]1[C@H](OC(=O)/C(C)=C\C)[C@@]2(CO)C(CC1(C)C)C1=CCC3[C@@]4(C)CCCC(C)(C)C4CC[C@@]3(C)[C@]1(C)C[C@H]2O. The molecule has 10 atom stereocenters. The van der Waals surface area contributed by atoms with Gasteiger partial charge in [0.15, 0.2) is 6.10 Å². The van der Waals surface area contributed by atoms with Crippen molar-refractivity contribution in [3.8, 4) is 0 Å². The van der Waals surface area contributed by atoms with E-state index in [4.69, 9.17) is 9.47 Å². The first-order valence-electron chi connectivity index (χ1n) is 18.0. The van der Waals surface area contributed by atoms with E-state index < -0.39 is 41.1 Å². The van der Waals surface area contributed by atoms with Crippen LogP contribution in [0.3, 0.4) is 0 Å². The van der Waals surface area contributed by atoms with Gasteiger partial charge in [0, 0.05) is 16.6 Å². The molecule has 5 aliphatic carbocycles. The zero-order chi connectivity index (χ0) is 34.3. The van der Waals surface area contributed by atoms with Crippen LogP contribution in [-0.4, -0.2) is 47.1 Å². The maximum atomic E-state index is 13.5. The highest BCUT2D eigenvalue weighted by Crippen LogP contribution is 2.76. The van der Waals surface area contributed by atoms with Crippen LogP contribution in [0.1, 0.15) is 128 Å². The van der Waals surface area contributed by atoms with Crippen LogP contribution in [0.2, 0.25) is 0 Å². The highest BCUT2D eigenvalue weighted by atomic mass is 16.6. The summed E-state index contributed by atoms with van der Waals surface area (Å²) in [5.41, 5.74) is 0.627. The first kappa shape index (κ1) is 35.4. The number of ether oxygens (including phenoxy) is 2. The minimum absolute atomic E-state index is 0.0252. The highest BCUT2D eigenvalue weighted by molar-refractivity contribution is 5.88. The maximum absolute atomic E-state index is 13.5. The van der Waals surface area contributed by atoms with Gasteiger partial charge in [-0.2, -0.15) is 0 Å². The maximum Gasteiger partial charge on any atom is 0.333 e. The average Bonchev–Trinajstić information content (AvgIpc) is 2.97.